The summed E-state index contributed by atoms with van der Waals surface area (Å²) in [5, 5.41) is 12.6. The Bertz CT molecular complexity index is 962. The van der Waals surface area contributed by atoms with Crippen LogP contribution in [0.1, 0.15) is 37.8 Å². The van der Waals surface area contributed by atoms with E-state index in [2.05, 4.69) is 29.6 Å². The largest absolute Gasteiger partial charge is 0.449 e. The van der Waals surface area contributed by atoms with Crippen molar-refractivity contribution in [2.24, 2.45) is 5.41 Å². The fraction of sp³-hybridized carbons (Fsp3) is 0.440. The molecule has 2 aromatic rings. The zero-order chi connectivity index (χ0) is 22.9. The third kappa shape index (κ3) is 4.43. The van der Waals surface area contributed by atoms with Gasteiger partial charge in [-0.25, -0.2) is 9.59 Å². The highest BCUT2D eigenvalue weighted by Gasteiger charge is 2.46. The normalized spacial score (nSPS) is 16.6. The van der Waals surface area contributed by atoms with E-state index in [-0.39, 0.29) is 25.7 Å². The number of likely N-dealkylation sites (tertiary alicyclic amines) is 1. The zero-order valence-corrected chi connectivity index (χ0v) is 18.8. The molecule has 170 valence electrons. The van der Waals surface area contributed by atoms with Gasteiger partial charge in [0.05, 0.1) is 6.61 Å². The highest BCUT2D eigenvalue weighted by molar-refractivity contribution is 5.79. The number of alkyl carbamates (subject to hydrolysis) is 1. The van der Waals surface area contributed by atoms with E-state index in [1.165, 1.54) is 16.0 Å². The molecule has 32 heavy (non-hydrogen) atoms. The summed E-state index contributed by atoms with van der Waals surface area (Å²) in [5.74, 6) is -0.00804. The Balaban J connectivity index is 1.30. The van der Waals surface area contributed by atoms with Gasteiger partial charge in [-0.15, -0.1) is 0 Å². The second-order valence-corrected chi connectivity index (χ2v) is 9.67. The molecule has 2 aliphatic rings. The first-order chi connectivity index (χ1) is 15.2. The number of carbonyl (C=O) groups is 2. The van der Waals surface area contributed by atoms with Gasteiger partial charge in [0.15, 0.2) is 0 Å². The molecule has 1 aliphatic heterocycles. The van der Waals surface area contributed by atoms with Crippen LogP contribution in [0.5, 0.6) is 0 Å². The molecule has 2 N–H and O–H groups in total. The third-order valence-corrected chi connectivity index (χ3v) is 5.99. The van der Waals surface area contributed by atoms with E-state index < -0.39 is 23.2 Å². The molecule has 1 aliphatic carbocycles. The van der Waals surface area contributed by atoms with Gasteiger partial charge in [-0.2, -0.15) is 0 Å². The summed E-state index contributed by atoms with van der Waals surface area (Å²) in [6.45, 7) is 6.38. The quantitative estimate of drug-likeness (QED) is 0.742. The van der Waals surface area contributed by atoms with E-state index >= 15 is 0 Å². The summed E-state index contributed by atoms with van der Waals surface area (Å²) in [4.78, 5) is 26.1. The van der Waals surface area contributed by atoms with Crippen molar-refractivity contribution in [3.05, 3.63) is 59.7 Å². The van der Waals surface area contributed by atoms with E-state index in [9.17, 15) is 14.7 Å². The second kappa shape index (κ2) is 8.47. The molecule has 7 nitrogen and oxygen atoms in total. The number of nitrogens with one attached hydrogen (secondary N) is 1. The van der Waals surface area contributed by atoms with Crippen molar-refractivity contribution in [1.29, 1.82) is 0 Å². The van der Waals surface area contributed by atoms with Crippen molar-refractivity contribution in [2.75, 3.05) is 32.8 Å². The summed E-state index contributed by atoms with van der Waals surface area (Å²) >= 11 is 0. The summed E-state index contributed by atoms with van der Waals surface area (Å²) in [6.07, 6.45) is -0.946. The first kappa shape index (κ1) is 22.1. The molecule has 4 rings (SSSR count). The van der Waals surface area contributed by atoms with E-state index in [0.29, 0.717) is 13.1 Å². The fourth-order valence-electron chi connectivity index (χ4n) is 4.40. The third-order valence-electron chi connectivity index (χ3n) is 5.99. The lowest BCUT2D eigenvalue weighted by molar-refractivity contribution is -0.0541. The Hall–Kier alpha value is -3.06. The topological polar surface area (TPSA) is 88.1 Å². The average molecular weight is 439 g/mol. The average Bonchev–Trinajstić information content (AvgIpc) is 3.04. The molecule has 0 radical (unpaired) electrons. The molecule has 1 saturated heterocycles. The molecule has 0 atom stereocenters. The standard InChI is InChI=1S/C25H30N2O5/c1-24(2,3)32-23(30)27-14-25(15-27,16-28)13-26-22(29)31-12-21-19-10-6-4-8-17(19)18-9-5-7-11-20(18)21/h4-11,21,28H,12-16H2,1-3H3,(H,26,29). The summed E-state index contributed by atoms with van der Waals surface area (Å²) in [5.41, 5.74) is 3.50. The number of ether oxygens (including phenoxy) is 2. The second-order valence-electron chi connectivity index (χ2n) is 9.67. The predicted octanol–water partition coefficient (Wildman–Crippen LogP) is 3.75. The Morgan fingerprint density at radius 3 is 2.16 bits per heavy atom. The summed E-state index contributed by atoms with van der Waals surface area (Å²) in [6, 6.07) is 16.3. The van der Waals surface area contributed by atoms with E-state index in [1.54, 1.807) is 0 Å². The van der Waals surface area contributed by atoms with Crippen LogP contribution in [0, 0.1) is 5.41 Å². The maximum absolute atomic E-state index is 12.4. The van der Waals surface area contributed by atoms with Gasteiger partial charge < -0.3 is 24.8 Å². The lowest BCUT2D eigenvalue weighted by Crippen LogP contribution is -2.64. The minimum atomic E-state index is -0.581. The monoisotopic (exact) mass is 438 g/mol. The molecule has 7 heteroatoms. The first-order valence-electron chi connectivity index (χ1n) is 10.9. The molecule has 0 spiro atoms. The Morgan fingerprint density at radius 2 is 1.62 bits per heavy atom. The number of rotatable bonds is 5. The Morgan fingerprint density at radius 1 is 1.06 bits per heavy atom. The van der Waals surface area contributed by atoms with Gasteiger partial charge >= 0.3 is 12.2 Å². The van der Waals surface area contributed by atoms with Gasteiger partial charge in [-0.1, -0.05) is 48.5 Å². The lowest BCUT2D eigenvalue weighted by atomic mass is 9.81. The van der Waals surface area contributed by atoms with Gasteiger partial charge in [-0.05, 0) is 43.0 Å². The summed E-state index contributed by atoms with van der Waals surface area (Å²) < 4.78 is 10.9. The van der Waals surface area contributed by atoms with Gasteiger partial charge in [0.2, 0.25) is 0 Å². The van der Waals surface area contributed by atoms with Crippen molar-refractivity contribution in [3.8, 4) is 11.1 Å². The maximum Gasteiger partial charge on any atom is 0.410 e. The van der Waals surface area contributed by atoms with Crippen molar-refractivity contribution in [2.45, 2.75) is 32.3 Å². The first-order valence-corrected chi connectivity index (χ1v) is 10.9. The van der Waals surface area contributed by atoms with Gasteiger partial charge in [0.25, 0.3) is 0 Å². The molecule has 0 aromatic heterocycles. The van der Waals surface area contributed by atoms with Gasteiger partial charge in [0.1, 0.15) is 12.2 Å². The lowest BCUT2D eigenvalue weighted by Gasteiger charge is -2.48. The highest BCUT2D eigenvalue weighted by Crippen LogP contribution is 2.44. The van der Waals surface area contributed by atoms with Crippen LogP contribution in [0.3, 0.4) is 0 Å². The molecule has 2 aromatic carbocycles. The number of aliphatic hydroxyl groups excluding tert-OH is 1. The number of amides is 2. The van der Waals surface area contributed by atoms with E-state index in [1.807, 2.05) is 45.0 Å². The Labute approximate surface area is 188 Å². The summed E-state index contributed by atoms with van der Waals surface area (Å²) in [7, 11) is 0. The number of hydrogen-bond acceptors (Lipinski definition) is 5. The van der Waals surface area contributed by atoms with Crippen molar-refractivity contribution < 1.29 is 24.2 Å². The van der Waals surface area contributed by atoms with Crippen LogP contribution in [-0.4, -0.2) is 60.6 Å². The minimum absolute atomic E-state index is 0.00804. The number of carbonyl (C=O) groups excluding carboxylic acids is 2. The SMILES string of the molecule is CC(C)(C)OC(=O)N1CC(CO)(CNC(=O)OCC2c3ccccc3-c3ccccc32)C1. The van der Waals surface area contributed by atoms with E-state index in [4.69, 9.17) is 9.47 Å². The van der Waals surface area contributed by atoms with Crippen LogP contribution in [0.2, 0.25) is 0 Å². The number of fused-ring (bicyclic) bond motifs is 3. The van der Waals surface area contributed by atoms with Crippen LogP contribution >= 0.6 is 0 Å². The van der Waals surface area contributed by atoms with Crippen molar-refractivity contribution in [1.82, 2.24) is 10.2 Å². The molecule has 0 saturated carbocycles. The molecule has 0 bridgehead atoms. The smallest absolute Gasteiger partial charge is 0.410 e. The van der Waals surface area contributed by atoms with Crippen LogP contribution in [-0.2, 0) is 9.47 Å². The van der Waals surface area contributed by atoms with Gasteiger partial charge in [0, 0.05) is 31.0 Å². The highest BCUT2D eigenvalue weighted by atomic mass is 16.6. The molecule has 0 unspecified atom stereocenters. The van der Waals surface area contributed by atoms with Crippen molar-refractivity contribution in [3.63, 3.8) is 0 Å². The number of aliphatic hydroxyl groups is 1. The van der Waals surface area contributed by atoms with E-state index in [0.717, 1.165) is 11.1 Å². The van der Waals surface area contributed by atoms with Crippen LogP contribution in [0.15, 0.2) is 48.5 Å². The Kier molecular flexibility index (Phi) is 5.86. The minimum Gasteiger partial charge on any atom is -0.449 e. The molecular formula is C25H30N2O5. The zero-order valence-electron chi connectivity index (χ0n) is 18.8. The molecule has 2 amide bonds. The molecule has 1 heterocycles. The molecule has 1 fully saturated rings. The molecular weight excluding hydrogens is 408 g/mol. The fourth-order valence-corrected chi connectivity index (χ4v) is 4.40. The van der Waals surface area contributed by atoms with Crippen molar-refractivity contribution >= 4 is 12.2 Å². The number of benzene rings is 2. The van der Waals surface area contributed by atoms with Gasteiger partial charge in [-0.3, -0.25) is 0 Å². The number of hydrogen-bond donors (Lipinski definition) is 2. The predicted molar refractivity (Wildman–Crippen MR) is 120 cm³/mol. The van der Waals surface area contributed by atoms with Crippen LogP contribution in [0.25, 0.3) is 11.1 Å². The maximum atomic E-state index is 12.4. The van der Waals surface area contributed by atoms with Crippen LogP contribution < -0.4 is 5.32 Å². The number of nitrogens with zero attached hydrogens (tertiary/aromatic N) is 1. The van der Waals surface area contributed by atoms with Crippen LogP contribution in [0.4, 0.5) is 9.59 Å².